The third-order valence-corrected chi connectivity index (χ3v) is 3.58. The lowest BCUT2D eigenvalue weighted by molar-refractivity contribution is 0.00862. The van der Waals surface area contributed by atoms with E-state index in [-0.39, 0.29) is 6.10 Å². The molecule has 3 nitrogen and oxygen atoms in total. The summed E-state index contributed by atoms with van der Waals surface area (Å²) in [5.41, 5.74) is 0. The van der Waals surface area contributed by atoms with E-state index < -0.39 is 0 Å². The molecule has 0 bridgehead atoms. The zero-order valence-electron chi connectivity index (χ0n) is 13.4. The Bertz CT molecular complexity index is 170. The Balaban J connectivity index is 3.18. The average molecular weight is 285 g/mol. The van der Waals surface area contributed by atoms with Crippen LogP contribution in [-0.2, 0) is 9.57 Å². The smallest absolute Gasteiger partial charge is 0.0944 e. The molecule has 1 unspecified atom stereocenters. The van der Waals surface area contributed by atoms with Crippen molar-refractivity contribution in [1.29, 1.82) is 0 Å². The van der Waals surface area contributed by atoms with Gasteiger partial charge in [-0.3, -0.25) is 0 Å². The highest BCUT2D eigenvalue weighted by atomic mass is 16.6. The average Bonchev–Trinajstić information content (AvgIpc) is 2.45. The minimum atomic E-state index is -0.00364. The minimum absolute atomic E-state index is 0.00364. The van der Waals surface area contributed by atoms with Gasteiger partial charge in [-0.15, -0.1) is 0 Å². The van der Waals surface area contributed by atoms with Crippen LogP contribution < -0.4 is 5.90 Å². The number of unbranched alkanes of at least 4 members (excludes halogenated alkanes) is 10. The number of ether oxygens (including phenoxy) is 1. The van der Waals surface area contributed by atoms with E-state index in [1.165, 1.54) is 64.2 Å². The first-order valence-corrected chi connectivity index (χ1v) is 8.41. The molecule has 120 valence electrons. The summed E-state index contributed by atoms with van der Waals surface area (Å²) >= 11 is 0. The van der Waals surface area contributed by atoms with Gasteiger partial charge in [0.15, 0.2) is 0 Å². The molecule has 3 heteroatoms. The Hall–Kier alpha value is -0.120. The summed E-state index contributed by atoms with van der Waals surface area (Å²) < 4.78 is 5.40. The van der Waals surface area contributed by atoms with Gasteiger partial charge < -0.3 is 9.57 Å². The predicted octanol–water partition coefficient (Wildman–Crippen LogP) is 4.61. The van der Waals surface area contributed by atoms with Gasteiger partial charge in [-0.1, -0.05) is 71.1 Å². The summed E-state index contributed by atoms with van der Waals surface area (Å²) in [6, 6.07) is 0. The topological polar surface area (TPSA) is 44.5 Å². The van der Waals surface area contributed by atoms with Gasteiger partial charge in [0.25, 0.3) is 0 Å². The Labute approximate surface area is 126 Å². The van der Waals surface area contributed by atoms with Crippen molar-refractivity contribution in [1.82, 2.24) is 0 Å². The van der Waals surface area contributed by atoms with Crippen LogP contribution in [0.1, 0.15) is 77.6 Å². The summed E-state index contributed by atoms with van der Waals surface area (Å²) in [5, 5.41) is 0. The lowest BCUT2D eigenvalue weighted by Crippen LogP contribution is -2.22. The molecular formula is C17H35NO2. The van der Waals surface area contributed by atoms with Crippen molar-refractivity contribution in [3.05, 3.63) is 13.3 Å². The van der Waals surface area contributed by atoms with E-state index in [2.05, 4.69) is 25.1 Å². The van der Waals surface area contributed by atoms with Crippen LogP contribution in [0.25, 0.3) is 0 Å². The van der Waals surface area contributed by atoms with Crippen molar-refractivity contribution in [2.45, 2.75) is 83.7 Å². The molecule has 0 aliphatic carbocycles. The zero-order chi connectivity index (χ0) is 14.9. The van der Waals surface area contributed by atoms with Gasteiger partial charge in [0.1, 0.15) is 0 Å². The van der Waals surface area contributed by atoms with Crippen LogP contribution in [0.3, 0.4) is 0 Å². The Morgan fingerprint density at radius 1 is 0.950 bits per heavy atom. The quantitative estimate of drug-likeness (QED) is 0.333. The molecule has 0 aromatic carbocycles. The van der Waals surface area contributed by atoms with Crippen molar-refractivity contribution in [3.63, 3.8) is 0 Å². The second-order valence-corrected chi connectivity index (χ2v) is 5.45. The molecule has 0 aromatic heterocycles. The number of rotatable bonds is 16. The van der Waals surface area contributed by atoms with E-state index in [1.807, 2.05) is 0 Å². The highest BCUT2D eigenvalue weighted by Gasteiger charge is 2.07. The second-order valence-electron chi connectivity index (χ2n) is 5.45. The molecule has 0 aliphatic rings. The third kappa shape index (κ3) is 14.3. The van der Waals surface area contributed by atoms with Crippen LogP contribution in [0.5, 0.6) is 0 Å². The molecule has 0 amide bonds. The molecule has 0 fully saturated rings. The molecule has 0 rings (SSSR count). The molecule has 0 aliphatic heterocycles. The first kappa shape index (κ1) is 19.9. The first-order valence-electron chi connectivity index (χ1n) is 8.41. The van der Waals surface area contributed by atoms with E-state index in [0.29, 0.717) is 13.2 Å². The van der Waals surface area contributed by atoms with Gasteiger partial charge in [-0.05, 0) is 19.8 Å². The van der Waals surface area contributed by atoms with Crippen LogP contribution in [0.2, 0.25) is 0 Å². The van der Waals surface area contributed by atoms with Crippen molar-refractivity contribution in [2.75, 3.05) is 13.2 Å². The van der Waals surface area contributed by atoms with Crippen LogP contribution in [0.4, 0.5) is 0 Å². The largest absolute Gasteiger partial charge is 0.375 e. The van der Waals surface area contributed by atoms with Crippen molar-refractivity contribution < 1.29 is 9.57 Å². The highest BCUT2D eigenvalue weighted by molar-refractivity contribution is 4.76. The van der Waals surface area contributed by atoms with Gasteiger partial charge in [0, 0.05) is 6.61 Å². The fourth-order valence-corrected chi connectivity index (χ4v) is 2.37. The number of hydrogen-bond donors (Lipinski definition) is 1. The SMILES string of the molecule is [CH2]COC([CH]CCCCCCCCCCCC)CON. The van der Waals surface area contributed by atoms with Gasteiger partial charge in [-0.2, -0.15) is 0 Å². The summed E-state index contributed by atoms with van der Waals surface area (Å²) in [4.78, 5) is 4.62. The molecule has 1 atom stereocenters. The van der Waals surface area contributed by atoms with Crippen LogP contribution in [0.15, 0.2) is 0 Å². The Kier molecular flexibility index (Phi) is 16.8. The molecular weight excluding hydrogens is 250 g/mol. The van der Waals surface area contributed by atoms with Crippen molar-refractivity contribution in [2.24, 2.45) is 5.90 Å². The molecule has 2 radical (unpaired) electrons. The molecule has 0 saturated heterocycles. The van der Waals surface area contributed by atoms with E-state index in [0.717, 1.165) is 6.42 Å². The van der Waals surface area contributed by atoms with Gasteiger partial charge in [0.05, 0.1) is 12.7 Å². The molecule has 0 spiro atoms. The van der Waals surface area contributed by atoms with E-state index in [1.54, 1.807) is 0 Å². The maximum Gasteiger partial charge on any atom is 0.0944 e. The Morgan fingerprint density at radius 2 is 1.50 bits per heavy atom. The number of hydrogen-bond acceptors (Lipinski definition) is 3. The van der Waals surface area contributed by atoms with E-state index in [9.17, 15) is 0 Å². The molecule has 2 N–H and O–H groups in total. The van der Waals surface area contributed by atoms with Crippen molar-refractivity contribution >= 4 is 0 Å². The Morgan fingerprint density at radius 3 is 2.00 bits per heavy atom. The van der Waals surface area contributed by atoms with Crippen LogP contribution >= 0.6 is 0 Å². The van der Waals surface area contributed by atoms with Gasteiger partial charge in [0.2, 0.25) is 0 Å². The highest BCUT2D eigenvalue weighted by Crippen LogP contribution is 2.12. The maximum absolute atomic E-state index is 5.40. The van der Waals surface area contributed by atoms with E-state index >= 15 is 0 Å². The lowest BCUT2D eigenvalue weighted by Gasteiger charge is -2.14. The normalized spacial score (nSPS) is 12.8. The fraction of sp³-hybridized carbons (Fsp3) is 0.882. The summed E-state index contributed by atoms with van der Waals surface area (Å²) in [6.45, 7) is 6.83. The fourth-order valence-electron chi connectivity index (χ4n) is 2.37. The summed E-state index contributed by atoms with van der Waals surface area (Å²) in [5.74, 6) is 5.07. The van der Waals surface area contributed by atoms with E-state index in [4.69, 9.17) is 10.6 Å². The zero-order valence-corrected chi connectivity index (χ0v) is 13.4. The van der Waals surface area contributed by atoms with Gasteiger partial charge >= 0.3 is 0 Å². The maximum atomic E-state index is 5.40. The summed E-state index contributed by atoms with van der Waals surface area (Å²) in [6.07, 6.45) is 16.9. The number of nitrogens with two attached hydrogens (primary N) is 1. The minimum Gasteiger partial charge on any atom is -0.375 e. The molecule has 0 heterocycles. The predicted molar refractivity (Wildman–Crippen MR) is 86.0 cm³/mol. The second kappa shape index (κ2) is 16.9. The first-order chi connectivity index (χ1) is 9.85. The molecule has 0 saturated carbocycles. The van der Waals surface area contributed by atoms with Crippen LogP contribution in [0, 0.1) is 13.3 Å². The molecule has 20 heavy (non-hydrogen) atoms. The van der Waals surface area contributed by atoms with Crippen LogP contribution in [-0.4, -0.2) is 19.3 Å². The lowest BCUT2D eigenvalue weighted by atomic mass is 10.0. The monoisotopic (exact) mass is 285 g/mol. The molecule has 0 aromatic rings. The van der Waals surface area contributed by atoms with Crippen molar-refractivity contribution in [3.8, 4) is 0 Å². The van der Waals surface area contributed by atoms with Gasteiger partial charge in [-0.25, -0.2) is 5.90 Å². The standard InChI is InChI=1S/C17H35NO2/c1-3-5-6-7-8-9-10-11-12-13-14-15-17(16-20-18)19-4-2/h15,17H,2-14,16,18H2,1H3. The third-order valence-electron chi connectivity index (χ3n) is 3.58. The summed E-state index contributed by atoms with van der Waals surface area (Å²) in [7, 11) is 0.